The highest BCUT2D eigenvalue weighted by Crippen LogP contribution is 2.21. The quantitative estimate of drug-likeness (QED) is 0.638. The first-order valence-corrected chi connectivity index (χ1v) is 8.78. The topological polar surface area (TPSA) is 93.7 Å². The molecule has 1 aliphatic heterocycles. The average molecular weight is 396 g/mol. The first-order chi connectivity index (χ1) is 12.3. The van der Waals surface area contributed by atoms with Crippen molar-refractivity contribution in [1.29, 1.82) is 0 Å². The van der Waals surface area contributed by atoms with Crippen LogP contribution in [0.3, 0.4) is 0 Å². The molecule has 27 heavy (non-hydrogen) atoms. The fraction of sp³-hybridized carbons (Fsp3) is 0.824. The predicted octanol–water partition coefficient (Wildman–Crippen LogP) is 1.84. The van der Waals surface area contributed by atoms with E-state index in [9.17, 15) is 27.6 Å². The highest BCUT2D eigenvalue weighted by Gasteiger charge is 2.41. The molecule has 2 N–H and O–H groups in total. The van der Waals surface area contributed by atoms with Crippen molar-refractivity contribution in [2.75, 3.05) is 7.11 Å². The second-order valence-corrected chi connectivity index (χ2v) is 7.50. The van der Waals surface area contributed by atoms with Gasteiger partial charge in [0.05, 0.1) is 7.11 Å². The van der Waals surface area contributed by atoms with Gasteiger partial charge in [0, 0.05) is 6.04 Å². The Labute approximate surface area is 156 Å². The van der Waals surface area contributed by atoms with Crippen LogP contribution in [-0.4, -0.2) is 54.9 Å². The molecule has 1 rings (SSSR count). The predicted molar refractivity (Wildman–Crippen MR) is 89.6 cm³/mol. The lowest BCUT2D eigenvalue weighted by atomic mass is 10.0. The van der Waals surface area contributed by atoms with E-state index < -0.39 is 35.7 Å². The van der Waals surface area contributed by atoms with Gasteiger partial charge < -0.3 is 20.1 Å². The molecule has 10 heteroatoms. The fourth-order valence-electron chi connectivity index (χ4n) is 2.81. The van der Waals surface area contributed by atoms with Crippen molar-refractivity contribution < 1.29 is 37.0 Å². The Morgan fingerprint density at radius 2 is 1.81 bits per heavy atom. The van der Waals surface area contributed by atoms with E-state index in [1.807, 2.05) is 0 Å². The Morgan fingerprint density at radius 1 is 1.19 bits per heavy atom. The molecule has 0 spiro atoms. The number of esters is 2. The molecule has 1 amide bonds. The first-order valence-electron chi connectivity index (χ1n) is 8.78. The van der Waals surface area contributed by atoms with Crippen LogP contribution < -0.4 is 10.6 Å². The van der Waals surface area contributed by atoms with Gasteiger partial charge in [-0.3, -0.25) is 9.59 Å². The lowest BCUT2D eigenvalue weighted by molar-refractivity contribution is -0.175. The molecule has 0 unspecified atom stereocenters. The zero-order valence-electron chi connectivity index (χ0n) is 15.9. The summed E-state index contributed by atoms with van der Waals surface area (Å²) < 4.78 is 46.9. The van der Waals surface area contributed by atoms with Crippen molar-refractivity contribution in [3.8, 4) is 0 Å². The van der Waals surface area contributed by atoms with Crippen LogP contribution in [0.25, 0.3) is 0 Å². The molecule has 3 atom stereocenters. The smallest absolute Gasteiger partial charge is 0.467 e. The minimum Gasteiger partial charge on any atom is -0.467 e. The molecule has 0 radical (unpaired) electrons. The lowest BCUT2D eigenvalue weighted by Gasteiger charge is -2.22. The van der Waals surface area contributed by atoms with Crippen LogP contribution in [0.15, 0.2) is 0 Å². The van der Waals surface area contributed by atoms with Gasteiger partial charge in [-0.05, 0) is 52.9 Å². The Bertz CT molecular complexity index is 546. The average Bonchev–Trinajstić information content (AvgIpc) is 2.99. The Hall–Kier alpha value is -1.84. The Balaban J connectivity index is 2.46. The number of methoxy groups -OCH3 is 1. The highest BCUT2D eigenvalue weighted by atomic mass is 19.4. The van der Waals surface area contributed by atoms with E-state index in [-0.39, 0.29) is 18.4 Å². The van der Waals surface area contributed by atoms with Gasteiger partial charge >= 0.3 is 24.0 Å². The normalized spacial score (nSPS) is 21.4. The van der Waals surface area contributed by atoms with Gasteiger partial charge in [0.1, 0.15) is 17.7 Å². The summed E-state index contributed by atoms with van der Waals surface area (Å²) in [5.74, 6) is -3.45. The van der Waals surface area contributed by atoms with E-state index in [2.05, 4.69) is 10.1 Å². The van der Waals surface area contributed by atoms with E-state index in [4.69, 9.17) is 4.74 Å². The molecule has 1 heterocycles. The van der Waals surface area contributed by atoms with Crippen LogP contribution in [0.2, 0.25) is 0 Å². The maximum absolute atomic E-state index is 12.4. The van der Waals surface area contributed by atoms with Gasteiger partial charge in [0.25, 0.3) is 0 Å². The molecule has 0 aromatic rings. The molecular weight excluding hydrogens is 369 g/mol. The zero-order valence-corrected chi connectivity index (χ0v) is 15.9. The number of carbonyl (C=O) groups excluding carboxylic acids is 3. The number of rotatable bonds is 7. The number of halogens is 3. The molecule has 0 saturated carbocycles. The number of carbonyl (C=O) groups is 3. The lowest BCUT2D eigenvalue weighted by Crippen LogP contribution is -2.47. The molecule has 1 saturated heterocycles. The highest BCUT2D eigenvalue weighted by molar-refractivity contribution is 5.87. The summed E-state index contributed by atoms with van der Waals surface area (Å²) in [7, 11) is 1.04. The zero-order chi connectivity index (χ0) is 20.8. The molecule has 0 aliphatic carbocycles. The first kappa shape index (κ1) is 23.2. The summed E-state index contributed by atoms with van der Waals surface area (Å²) in [6.07, 6.45) is -2.85. The monoisotopic (exact) mass is 396 g/mol. The summed E-state index contributed by atoms with van der Waals surface area (Å²) in [5, 5.41) is 4.79. The van der Waals surface area contributed by atoms with Gasteiger partial charge in [0.2, 0.25) is 0 Å². The SMILES string of the molecule is COC(=O)[C@H](CCC[C@H]1CC[C@@H](C(=O)OC(C)(C)C)N1)NC(=O)C(F)(F)F. The third kappa shape index (κ3) is 8.15. The van der Waals surface area contributed by atoms with Crippen LogP contribution >= 0.6 is 0 Å². The van der Waals surface area contributed by atoms with E-state index in [1.54, 1.807) is 26.1 Å². The fourth-order valence-corrected chi connectivity index (χ4v) is 2.81. The summed E-state index contributed by atoms with van der Waals surface area (Å²) in [6, 6.07) is -1.80. The van der Waals surface area contributed by atoms with Crippen LogP contribution in [0, 0.1) is 0 Å². The number of nitrogens with one attached hydrogen (secondary N) is 2. The minimum absolute atomic E-state index is 0.00375. The Kier molecular flexibility index (Phi) is 8.06. The molecular formula is C17H27F3N2O5. The van der Waals surface area contributed by atoms with E-state index in [0.717, 1.165) is 7.11 Å². The molecule has 0 aromatic heterocycles. The van der Waals surface area contributed by atoms with E-state index in [0.29, 0.717) is 25.7 Å². The van der Waals surface area contributed by atoms with E-state index in [1.165, 1.54) is 0 Å². The maximum atomic E-state index is 12.4. The number of amides is 1. The standard InChI is InChI=1S/C17H27F3N2O5/c1-16(2,3)27-14(24)12-9-8-10(21-12)6-5-7-11(13(23)26-4)22-15(25)17(18,19)20/h10-12,21H,5-9H2,1-4H3,(H,22,25)/t10-,11-,12-/m0/s1. The van der Waals surface area contributed by atoms with Crippen LogP contribution in [-0.2, 0) is 23.9 Å². The number of ether oxygens (including phenoxy) is 2. The molecule has 0 bridgehead atoms. The second-order valence-electron chi connectivity index (χ2n) is 7.50. The van der Waals surface area contributed by atoms with Crippen molar-refractivity contribution in [2.45, 2.75) is 82.8 Å². The maximum Gasteiger partial charge on any atom is 0.471 e. The summed E-state index contributed by atoms with van der Waals surface area (Å²) in [5.41, 5.74) is -0.582. The Morgan fingerprint density at radius 3 is 2.33 bits per heavy atom. The van der Waals surface area contributed by atoms with Crippen molar-refractivity contribution in [1.82, 2.24) is 10.6 Å². The molecule has 1 fully saturated rings. The van der Waals surface area contributed by atoms with Gasteiger partial charge in [-0.15, -0.1) is 0 Å². The second kappa shape index (κ2) is 9.38. The summed E-state index contributed by atoms with van der Waals surface area (Å²) in [4.78, 5) is 34.7. The van der Waals surface area contributed by atoms with Gasteiger partial charge in [-0.25, -0.2) is 4.79 Å². The molecule has 7 nitrogen and oxygen atoms in total. The third-order valence-electron chi connectivity index (χ3n) is 4.03. The third-order valence-corrected chi connectivity index (χ3v) is 4.03. The van der Waals surface area contributed by atoms with Gasteiger partial charge in [-0.2, -0.15) is 13.2 Å². The molecule has 0 aromatic carbocycles. The summed E-state index contributed by atoms with van der Waals surface area (Å²) in [6.45, 7) is 5.33. The van der Waals surface area contributed by atoms with Crippen LogP contribution in [0.5, 0.6) is 0 Å². The minimum atomic E-state index is -5.07. The van der Waals surface area contributed by atoms with Crippen molar-refractivity contribution >= 4 is 17.8 Å². The number of hydrogen-bond donors (Lipinski definition) is 2. The van der Waals surface area contributed by atoms with Crippen LogP contribution in [0.1, 0.15) is 52.9 Å². The van der Waals surface area contributed by atoms with Crippen LogP contribution in [0.4, 0.5) is 13.2 Å². The number of alkyl halides is 3. The van der Waals surface area contributed by atoms with E-state index >= 15 is 0 Å². The van der Waals surface area contributed by atoms with Gasteiger partial charge in [-0.1, -0.05) is 0 Å². The van der Waals surface area contributed by atoms with Crippen molar-refractivity contribution in [2.24, 2.45) is 0 Å². The summed E-state index contributed by atoms with van der Waals surface area (Å²) >= 11 is 0. The molecule has 1 aliphatic rings. The van der Waals surface area contributed by atoms with Gasteiger partial charge in [0.15, 0.2) is 0 Å². The van der Waals surface area contributed by atoms with Crippen molar-refractivity contribution in [3.63, 3.8) is 0 Å². The largest absolute Gasteiger partial charge is 0.471 e. The van der Waals surface area contributed by atoms with Crippen molar-refractivity contribution in [3.05, 3.63) is 0 Å². The molecule has 156 valence electrons. The number of hydrogen-bond acceptors (Lipinski definition) is 6.